The van der Waals surface area contributed by atoms with Crippen molar-refractivity contribution in [1.82, 2.24) is 0 Å². The number of unbranched alkanes of at least 4 members (excludes halogenated alkanes) is 2. The monoisotopic (exact) mass is 266 g/mol. The third-order valence-electron chi connectivity index (χ3n) is 2.55. The minimum absolute atomic E-state index is 0.0727. The first kappa shape index (κ1) is 17.0. The van der Waals surface area contributed by atoms with Gasteiger partial charge in [0.2, 0.25) is 0 Å². The van der Waals surface area contributed by atoms with Crippen molar-refractivity contribution in [3.05, 3.63) is 12.7 Å². The predicted molar refractivity (Wildman–Crippen MR) is 64.6 cm³/mol. The maximum atomic E-state index is 13.4. The topological polar surface area (TPSA) is 26.3 Å². The summed E-state index contributed by atoms with van der Waals surface area (Å²) in [7, 11) is 0. The van der Waals surface area contributed by atoms with E-state index in [4.69, 9.17) is 4.74 Å². The molecular formula is C13H21F3O2. The van der Waals surface area contributed by atoms with Gasteiger partial charge in [0.05, 0.1) is 6.67 Å². The molecule has 0 amide bonds. The summed E-state index contributed by atoms with van der Waals surface area (Å²) < 4.78 is 43.3. The van der Waals surface area contributed by atoms with Crippen LogP contribution in [0.25, 0.3) is 0 Å². The Morgan fingerprint density at radius 2 is 1.94 bits per heavy atom. The first-order valence-corrected chi connectivity index (χ1v) is 6.18. The van der Waals surface area contributed by atoms with E-state index in [1.807, 2.05) is 0 Å². The number of hydrogen-bond acceptors (Lipinski definition) is 2. The third kappa shape index (κ3) is 8.14. The Hall–Kier alpha value is -1.00. The molecular weight excluding hydrogens is 245 g/mol. The van der Waals surface area contributed by atoms with Crippen molar-refractivity contribution in [3.63, 3.8) is 0 Å². The molecule has 3 unspecified atom stereocenters. The van der Waals surface area contributed by atoms with E-state index < -0.39 is 31.1 Å². The van der Waals surface area contributed by atoms with E-state index in [-0.39, 0.29) is 12.8 Å². The summed E-state index contributed by atoms with van der Waals surface area (Å²) in [5.74, 6) is -0.645. The molecule has 3 atom stereocenters. The maximum Gasteiger partial charge on any atom is 0.330 e. The Bertz CT molecular complexity index is 246. The Labute approximate surface area is 106 Å². The highest BCUT2D eigenvalue weighted by Gasteiger charge is 2.23. The molecule has 0 N–H and O–H groups in total. The van der Waals surface area contributed by atoms with Gasteiger partial charge in [-0.25, -0.2) is 13.6 Å². The van der Waals surface area contributed by atoms with Gasteiger partial charge in [0.25, 0.3) is 0 Å². The molecule has 0 bridgehead atoms. The number of carbonyl (C=O) groups is 1. The van der Waals surface area contributed by atoms with Crippen LogP contribution in [0.3, 0.4) is 0 Å². The summed E-state index contributed by atoms with van der Waals surface area (Å²) >= 11 is 0. The summed E-state index contributed by atoms with van der Waals surface area (Å²) in [6, 6.07) is 0. The van der Waals surface area contributed by atoms with Gasteiger partial charge in [-0.3, -0.25) is 4.39 Å². The SMILES string of the molecule is C=CC(=O)OC(C)CC(F)C(F)CCCCCF. The number of hydrogen-bond donors (Lipinski definition) is 0. The molecule has 0 aliphatic carbocycles. The van der Waals surface area contributed by atoms with Gasteiger partial charge in [-0.2, -0.15) is 0 Å². The molecule has 5 heteroatoms. The van der Waals surface area contributed by atoms with Gasteiger partial charge in [-0.1, -0.05) is 19.4 Å². The van der Waals surface area contributed by atoms with Crippen LogP contribution in [0.5, 0.6) is 0 Å². The molecule has 18 heavy (non-hydrogen) atoms. The van der Waals surface area contributed by atoms with Gasteiger partial charge in [-0.15, -0.1) is 0 Å². The average Bonchev–Trinajstić information content (AvgIpc) is 2.33. The minimum atomic E-state index is -1.66. The lowest BCUT2D eigenvalue weighted by atomic mass is 10.0. The van der Waals surface area contributed by atoms with Gasteiger partial charge in [0.15, 0.2) is 0 Å². The normalized spacial score (nSPS) is 15.8. The number of alkyl halides is 3. The molecule has 0 aromatic rings. The van der Waals surface area contributed by atoms with Crippen LogP contribution < -0.4 is 0 Å². The van der Waals surface area contributed by atoms with Crippen LogP contribution in [-0.4, -0.2) is 31.1 Å². The second-order valence-corrected chi connectivity index (χ2v) is 4.26. The predicted octanol–water partition coefficient (Wildman–Crippen LogP) is 3.70. The quantitative estimate of drug-likeness (QED) is 0.342. The molecule has 0 aromatic heterocycles. The summed E-state index contributed by atoms with van der Waals surface area (Å²) in [5, 5.41) is 0. The molecule has 0 heterocycles. The second-order valence-electron chi connectivity index (χ2n) is 4.26. The zero-order valence-corrected chi connectivity index (χ0v) is 10.7. The molecule has 0 saturated heterocycles. The summed E-state index contributed by atoms with van der Waals surface area (Å²) in [5.41, 5.74) is 0. The standard InChI is InChI=1S/C13H21F3O2/c1-3-13(17)18-10(2)9-12(16)11(15)7-5-4-6-8-14/h3,10-12H,1,4-9H2,2H3. The van der Waals surface area contributed by atoms with Crippen LogP contribution in [0.1, 0.15) is 39.0 Å². The van der Waals surface area contributed by atoms with Gasteiger partial charge in [0, 0.05) is 12.5 Å². The Morgan fingerprint density at radius 3 is 2.50 bits per heavy atom. The second kappa shape index (κ2) is 9.97. The van der Waals surface area contributed by atoms with Crippen LogP contribution in [-0.2, 0) is 9.53 Å². The largest absolute Gasteiger partial charge is 0.459 e. The van der Waals surface area contributed by atoms with Crippen LogP contribution >= 0.6 is 0 Å². The average molecular weight is 266 g/mol. The van der Waals surface area contributed by atoms with Gasteiger partial charge in [0.1, 0.15) is 18.4 Å². The fraction of sp³-hybridized carbons (Fsp3) is 0.769. The molecule has 0 aliphatic heterocycles. The third-order valence-corrected chi connectivity index (χ3v) is 2.55. The molecule has 2 nitrogen and oxygen atoms in total. The van der Waals surface area contributed by atoms with Crippen LogP contribution in [0.4, 0.5) is 13.2 Å². The lowest BCUT2D eigenvalue weighted by Crippen LogP contribution is -2.25. The Morgan fingerprint density at radius 1 is 1.28 bits per heavy atom. The first-order valence-electron chi connectivity index (χ1n) is 6.18. The molecule has 0 aliphatic rings. The lowest BCUT2D eigenvalue weighted by Gasteiger charge is -2.17. The van der Waals surface area contributed by atoms with Crippen LogP contribution in [0.2, 0.25) is 0 Å². The molecule has 0 saturated carbocycles. The van der Waals surface area contributed by atoms with E-state index in [1.54, 1.807) is 0 Å². The molecule has 0 spiro atoms. The van der Waals surface area contributed by atoms with Crippen molar-refractivity contribution < 1.29 is 22.7 Å². The van der Waals surface area contributed by atoms with Gasteiger partial charge >= 0.3 is 5.97 Å². The zero-order chi connectivity index (χ0) is 14.0. The van der Waals surface area contributed by atoms with Crippen molar-refractivity contribution in [2.45, 2.75) is 57.5 Å². The van der Waals surface area contributed by atoms with Gasteiger partial charge in [-0.05, 0) is 19.8 Å². The molecule has 0 fully saturated rings. The molecule has 0 radical (unpaired) electrons. The summed E-state index contributed by atoms with van der Waals surface area (Å²) in [4.78, 5) is 10.8. The fourth-order valence-electron chi connectivity index (χ4n) is 1.55. The molecule has 106 valence electrons. The zero-order valence-electron chi connectivity index (χ0n) is 10.7. The Kier molecular flexibility index (Phi) is 9.42. The fourth-order valence-corrected chi connectivity index (χ4v) is 1.55. The van der Waals surface area contributed by atoms with Crippen molar-refractivity contribution in [1.29, 1.82) is 0 Å². The first-order chi connectivity index (χ1) is 8.51. The van der Waals surface area contributed by atoms with Gasteiger partial charge < -0.3 is 4.74 Å². The Balaban J connectivity index is 3.81. The van der Waals surface area contributed by atoms with Crippen molar-refractivity contribution >= 4 is 5.97 Å². The highest BCUT2D eigenvalue weighted by atomic mass is 19.2. The van der Waals surface area contributed by atoms with E-state index >= 15 is 0 Å². The highest BCUT2D eigenvalue weighted by Crippen LogP contribution is 2.18. The number of esters is 1. The molecule has 0 rings (SSSR count). The van der Waals surface area contributed by atoms with E-state index in [9.17, 15) is 18.0 Å². The van der Waals surface area contributed by atoms with Crippen LogP contribution in [0, 0.1) is 0 Å². The summed E-state index contributed by atoms with van der Waals surface area (Å²) in [6.45, 7) is 4.29. The maximum absolute atomic E-state index is 13.4. The van der Waals surface area contributed by atoms with E-state index in [0.717, 1.165) is 6.08 Å². The van der Waals surface area contributed by atoms with E-state index in [2.05, 4.69) is 6.58 Å². The van der Waals surface area contributed by atoms with E-state index in [0.29, 0.717) is 19.3 Å². The number of carbonyl (C=O) groups excluding carboxylic acids is 1. The lowest BCUT2D eigenvalue weighted by molar-refractivity contribution is -0.143. The number of rotatable bonds is 10. The molecule has 0 aromatic carbocycles. The minimum Gasteiger partial charge on any atom is -0.459 e. The van der Waals surface area contributed by atoms with Crippen molar-refractivity contribution in [3.8, 4) is 0 Å². The number of halogens is 3. The summed E-state index contributed by atoms with van der Waals surface area (Å²) in [6.07, 6.45) is -1.65. The van der Waals surface area contributed by atoms with E-state index in [1.165, 1.54) is 6.92 Å². The highest BCUT2D eigenvalue weighted by molar-refractivity contribution is 5.81. The van der Waals surface area contributed by atoms with Crippen molar-refractivity contribution in [2.75, 3.05) is 6.67 Å². The van der Waals surface area contributed by atoms with Crippen molar-refractivity contribution in [2.24, 2.45) is 0 Å². The number of ether oxygens (including phenoxy) is 1. The van der Waals surface area contributed by atoms with Crippen LogP contribution in [0.15, 0.2) is 12.7 Å². The smallest absolute Gasteiger partial charge is 0.330 e.